The Bertz CT molecular complexity index is 705. The summed E-state index contributed by atoms with van der Waals surface area (Å²) in [6.45, 7) is 4.71. The smallest absolute Gasteiger partial charge is 0.241 e. The van der Waals surface area contributed by atoms with Gasteiger partial charge < -0.3 is 15.0 Å². The number of hydrogen-bond donors (Lipinski definition) is 2. The van der Waals surface area contributed by atoms with Gasteiger partial charge in [-0.05, 0) is 30.2 Å². The highest BCUT2D eigenvalue weighted by atomic mass is 32.2. The molecule has 1 fully saturated rings. The molecule has 1 atom stereocenters. The Morgan fingerprint density at radius 1 is 1.39 bits per heavy atom. The first-order chi connectivity index (χ1) is 11.0. The molecule has 2 heterocycles. The third-order valence-electron chi connectivity index (χ3n) is 4.24. The number of fused-ring (bicyclic) bond motifs is 1. The fourth-order valence-electron chi connectivity index (χ4n) is 2.87. The summed E-state index contributed by atoms with van der Waals surface area (Å²) in [5, 5.41) is 3.20. The van der Waals surface area contributed by atoms with Gasteiger partial charge in [0.1, 0.15) is 0 Å². The van der Waals surface area contributed by atoms with E-state index in [9.17, 15) is 13.2 Å². The summed E-state index contributed by atoms with van der Waals surface area (Å²) < 4.78 is 32.4. The number of benzene rings is 1. The van der Waals surface area contributed by atoms with Crippen LogP contribution in [0.3, 0.4) is 0 Å². The number of rotatable bonds is 4. The fourth-order valence-corrected chi connectivity index (χ4v) is 3.89. The van der Waals surface area contributed by atoms with Crippen LogP contribution in [-0.2, 0) is 32.8 Å². The maximum Gasteiger partial charge on any atom is 0.241 e. The molecule has 1 saturated heterocycles. The van der Waals surface area contributed by atoms with E-state index in [1.165, 1.54) is 0 Å². The summed E-state index contributed by atoms with van der Waals surface area (Å²) in [6, 6.07) is 4.99. The lowest BCUT2D eigenvalue weighted by atomic mass is 10.1. The van der Waals surface area contributed by atoms with Crippen molar-refractivity contribution in [3.05, 3.63) is 29.3 Å². The SMILES string of the molecule is CC1CNCCN1C(=O)CNS(=O)(=O)c1ccc2c(c1)COC2. The van der Waals surface area contributed by atoms with Crippen LogP contribution in [0.15, 0.2) is 23.1 Å². The van der Waals surface area contributed by atoms with Gasteiger partial charge in [0.25, 0.3) is 0 Å². The van der Waals surface area contributed by atoms with Gasteiger partial charge >= 0.3 is 0 Å². The zero-order valence-electron chi connectivity index (χ0n) is 13.0. The van der Waals surface area contributed by atoms with Crippen molar-refractivity contribution in [3.63, 3.8) is 0 Å². The molecule has 7 nitrogen and oxygen atoms in total. The largest absolute Gasteiger partial charge is 0.372 e. The molecule has 3 rings (SSSR count). The van der Waals surface area contributed by atoms with E-state index < -0.39 is 10.0 Å². The molecule has 1 amide bonds. The van der Waals surface area contributed by atoms with Gasteiger partial charge in [-0.15, -0.1) is 0 Å². The van der Waals surface area contributed by atoms with E-state index in [1.54, 1.807) is 23.1 Å². The Morgan fingerprint density at radius 2 is 2.17 bits per heavy atom. The molecule has 23 heavy (non-hydrogen) atoms. The third-order valence-corrected chi connectivity index (χ3v) is 5.64. The van der Waals surface area contributed by atoms with Gasteiger partial charge in [-0.25, -0.2) is 13.1 Å². The molecule has 1 aromatic carbocycles. The van der Waals surface area contributed by atoms with E-state index in [-0.39, 0.29) is 23.4 Å². The number of nitrogens with one attached hydrogen (secondary N) is 2. The van der Waals surface area contributed by atoms with Crippen LogP contribution in [0.1, 0.15) is 18.1 Å². The number of ether oxygens (including phenoxy) is 1. The molecule has 0 radical (unpaired) electrons. The number of carbonyl (C=O) groups excluding carboxylic acids is 1. The van der Waals surface area contributed by atoms with Gasteiger partial charge in [-0.1, -0.05) is 6.07 Å². The standard InChI is InChI=1S/C15H21N3O4S/c1-11-7-16-4-5-18(11)15(19)8-17-23(20,21)14-3-2-12-9-22-10-13(12)6-14/h2-3,6,11,16-17H,4-5,7-10H2,1H3. The van der Waals surface area contributed by atoms with Crippen LogP contribution in [0, 0.1) is 0 Å². The summed E-state index contributed by atoms with van der Waals surface area (Å²) in [5.41, 5.74) is 1.89. The van der Waals surface area contributed by atoms with Crippen molar-refractivity contribution in [2.75, 3.05) is 26.2 Å². The second-order valence-corrected chi connectivity index (χ2v) is 7.66. The van der Waals surface area contributed by atoms with Gasteiger partial charge in [0, 0.05) is 25.7 Å². The van der Waals surface area contributed by atoms with Crippen LogP contribution in [0.25, 0.3) is 0 Å². The van der Waals surface area contributed by atoms with E-state index in [0.717, 1.165) is 24.2 Å². The van der Waals surface area contributed by atoms with Gasteiger partial charge in [0.15, 0.2) is 0 Å². The third kappa shape index (κ3) is 3.55. The number of piperazine rings is 1. The minimum Gasteiger partial charge on any atom is -0.372 e. The first-order valence-corrected chi connectivity index (χ1v) is 9.15. The number of carbonyl (C=O) groups is 1. The van der Waals surface area contributed by atoms with Crippen molar-refractivity contribution in [1.82, 2.24) is 14.9 Å². The highest BCUT2D eigenvalue weighted by Gasteiger charge is 2.25. The van der Waals surface area contributed by atoms with Crippen LogP contribution in [0.4, 0.5) is 0 Å². The molecule has 2 aliphatic heterocycles. The predicted molar refractivity (Wildman–Crippen MR) is 84.2 cm³/mol. The average molecular weight is 339 g/mol. The summed E-state index contributed by atoms with van der Waals surface area (Å²) in [5.74, 6) is -0.202. The normalized spacial score (nSPS) is 21.3. The fraction of sp³-hybridized carbons (Fsp3) is 0.533. The summed E-state index contributed by atoms with van der Waals surface area (Å²) in [6.07, 6.45) is 0. The van der Waals surface area contributed by atoms with Gasteiger partial charge in [0.05, 0.1) is 24.7 Å². The van der Waals surface area contributed by atoms with Crippen LogP contribution in [0.5, 0.6) is 0 Å². The lowest BCUT2D eigenvalue weighted by Gasteiger charge is -2.34. The van der Waals surface area contributed by atoms with Crippen molar-refractivity contribution in [2.45, 2.75) is 31.1 Å². The highest BCUT2D eigenvalue weighted by Crippen LogP contribution is 2.22. The first-order valence-electron chi connectivity index (χ1n) is 7.67. The van der Waals surface area contributed by atoms with Crippen LogP contribution >= 0.6 is 0 Å². The summed E-state index contributed by atoms with van der Waals surface area (Å²) >= 11 is 0. The Balaban J connectivity index is 1.65. The Morgan fingerprint density at radius 3 is 2.96 bits per heavy atom. The maximum atomic E-state index is 12.4. The zero-order valence-corrected chi connectivity index (χ0v) is 13.9. The molecule has 0 saturated carbocycles. The molecule has 2 N–H and O–H groups in total. The zero-order chi connectivity index (χ0) is 16.4. The number of nitrogens with zero attached hydrogens (tertiary/aromatic N) is 1. The van der Waals surface area contributed by atoms with E-state index in [4.69, 9.17) is 4.74 Å². The first kappa shape index (κ1) is 16.4. The lowest BCUT2D eigenvalue weighted by molar-refractivity contribution is -0.132. The van der Waals surface area contributed by atoms with Crippen molar-refractivity contribution < 1.29 is 17.9 Å². The summed E-state index contributed by atoms with van der Waals surface area (Å²) in [7, 11) is -3.70. The van der Waals surface area contributed by atoms with Gasteiger partial charge in [-0.2, -0.15) is 0 Å². The summed E-state index contributed by atoms with van der Waals surface area (Å²) in [4.78, 5) is 14.1. The number of hydrogen-bond acceptors (Lipinski definition) is 5. The van der Waals surface area contributed by atoms with E-state index in [0.29, 0.717) is 19.8 Å². The molecule has 0 aromatic heterocycles. The molecule has 0 aliphatic carbocycles. The van der Waals surface area contributed by atoms with E-state index in [2.05, 4.69) is 10.0 Å². The Labute approximate surface area is 136 Å². The number of amides is 1. The maximum absolute atomic E-state index is 12.4. The Kier molecular flexibility index (Phi) is 4.67. The predicted octanol–water partition coefficient (Wildman–Crippen LogP) is -0.185. The minimum atomic E-state index is -3.70. The van der Waals surface area contributed by atoms with E-state index >= 15 is 0 Å². The van der Waals surface area contributed by atoms with Gasteiger partial charge in [0.2, 0.25) is 15.9 Å². The van der Waals surface area contributed by atoms with Gasteiger partial charge in [-0.3, -0.25) is 4.79 Å². The second-order valence-electron chi connectivity index (χ2n) is 5.89. The molecule has 0 spiro atoms. The second kappa shape index (κ2) is 6.56. The molecule has 8 heteroatoms. The molecule has 126 valence electrons. The van der Waals surface area contributed by atoms with Crippen LogP contribution in [0.2, 0.25) is 0 Å². The Hall–Kier alpha value is -1.48. The van der Waals surface area contributed by atoms with Crippen LogP contribution < -0.4 is 10.0 Å². The van der Waals surface area contributed by atoms with E-state index in [1.807, 2.05) is 6.92 Å². The number of sulfonamides is 1. The van der Waals surface area contributed by atoms with Crippen LogP contribution in [-0.4, -0.2) is 51.4 Å². The molecular weight excluding hydrogens is 318 g/mol. The molecule has 1 aromatic rings. The quantitative estimate of drug-likeness (QED) is 0.794. The highest BCUT2D eigenvalue weighted by molar-refractivity contribution is 7.89. The lowest BCUT2D eigenvalue weighted by Crippen LogP contribution is -2.54. The van der Waals surface area contributed by atoms with Crippen molar-refractivity contribution in [1.29, 1.82) is 0 Å². The van der Waals surface area contributed by atoms with Crippen molar-refractivity contribution in [3.8, 4) is 0 Å². The minimum absolute atomic E-state index is 0.0675. The van der Waals surface area contributed by atoms with Crippen molar-refractivity contribution in [2.24, 2.45) is 0 Å². The molecule has 0 bridgehead atoms. The molecular formula is C15H21N3O4S. The monoisotopic (exact) mass is 339 g/mol. The molecule has 2 aliphatic rings. The topological polar surface area (TPSA) is 87.7 Å². The average Bonchev–Trinajstić information content (AvgIpc) is 3.00. The van der Waals surface area contributed by atoms with Crippen molar-refractivity contribution >= 4 is 15.9 Å². The molecule has 1 unspecified atom stereocenters.